The van der Waals surface area contributed by atoms with Crippen LogP contribution < -0.4 is 0 Å². The van der Waals surface area contributed by atoms with Gasteiger partial charge in [-0.25, -0.2) is 0 Å². The number of allylic oxidation sites excluding steroid dienone is 1. The first-order valence-electron chi connectivity index (χ1n) is 6.82. The van der Waals surface area contributed by atoms with Gasteiger partial charge in [0.15, 0.2) is 12.6 Å². The topological polar surface area (TPSA) is 38.7 Å². The van der Waals surface area contributed by atoms with E-state index in [-0.39, 0.29) is 11.9 Å². The second-order valence-electron chi connectivity index (χ2n) is 5.76. The van der Waals surface area contributed by atoms with Gasteiger partial charge in [0.2, 0.25) is 0 Å². The molecule has 0 spiro atoms. The number of aliphatic hydroxyl groups is 1. The normalized spacial score (nSPS) is 42.4. The summed E-state index contributed by atoms with van der Waals surface area (Å²) in [5.41, 5.74) is 1.48. The van der Waals surface area contributed by atoms with Gasteiger partial charge >= 0.3 is 0 Å². The molecular formula is C14H22O3. The molecule has 2 bridgehead atoms. The molecule has 3 aliphatic rings. The van der Waals surface area contributed by atoms with Gasteiger partial charge in [-0.15, -0.1) is 0 Å². The van der Waals surface area contributed by atoms with Crippen molar-refractivity contribution in [2.75, 3.05) is 0 Å². The van der Waals surface area contributed by atoms with Crippen LogP contribution in [0, 0.1) is 11.8 Å². The highest BCUT2D eigenvalue weighted by Crippen LogP contribution is 2.60. The Morgan fingerprint density at radius 3 is 3.00 bits per heavy atom. The largest absolute Gasteiger partial charge is 0.368 e. The van der Waals surface area contributed by atoms with Gasteiger partial charge in [-0.1, -0.05) is 6.08 Å². The number of fused-ring (bicyclic) bond motifs is 5. The van der Waals surface area contributed by atoms with E-state index in [4.69, 9.17) is 9.47 Å². The standard InChI is InChI=1S/C14H22O3/c1-9(15)16-10(2)17-14-7-6-11(8-14)12-4-3-5-13(12)14/h5,9-12,15H,3-4,6-8H2,1-2H3. The fourth-order valence-corrected chi connectivity index (χ4v) is 4.19. The van der Waals surface area contributed by atoms with Gasteiger partial charge in [-0.05, 0) is 63.4 Å². The van der Waals surface area contributed by atoms with Crippen LogP contribution in [0.15, 0.2) is 11.6 Å². The number of ether oxygens (including phenoxy) is 2. The monoisotopic (exact) mass is 238 g/mol. The highest BCUT2D eigenvalue weighted by Gasteiger charge is 2.56. The van der Waals surface area contributed by atoms with Crippen molar-refractivity contribution in [3.8, 4) is 0 Å². The predicted molar refractivity (Wildman–Crippen MR) is 64.2 cm³/mol. The van der Waals surface area contributed by atoms with E-state index in [0.29, 0.717) is 0 Å². The van der Waals surface area contributed by atoms with Crippen molar-refractivity contribution in [1.82, 2.24) is 0 Å². The maximum absolute atomic E-state index is 9.23. The van der Waals surface area contributed by atoms with Crippen molar-refractivity contribution in [3.05, 3.63) is 11.6 Å². The molecule has 0 radical (unpaired) electrons. The quantitative estimate of drug-likeness (QED) is 0.604. The predicted octanol–water partition coefficient (Wildman–Crippen LogP) is 2.59. The molecule has 5 atom stereocenters. The van der Waals surface area contributed by atoms with E-state index >= 15 is 0 Å². The van der Waals surface area contributed by atoms with E-state index in [9.17, 15) is 5.11 Å². The molecule has 0 aromatic rings. The van der Waals surface area contributed by atoms with Crippen molar-refractivity contribution in [1.29, 1.82) is 0 Å². The number of hydrogen-bond donors (Lipinski definition) is 1. The number of hydrogen-bond acceptors (Lipinski definition) is 3. The van der Waals surface area contributed by atoms with Crippen molar-refractivity contribution in [2.45, 2.75) is 64.1 Å². The third-order valence-corrected chi connectivity index (χ3v) is 4.63. The summed E-state index contributed by atoms with van der Waals surface area (Å²) in [6, 6.07) is 0. The Hall–Kier alpha value is -0.380. The molecule has 2 fully saturated rings. The molecule has 0 aromatic heterocycles. The van der Waals surface area contributed by atoms with Gasteiger partial charge in [0, 0.05) is 0 Å². The molecule has 0 saturated heterocycles. The molecule has 5 unspecified atom stereocenters. The first-order chi connectivity index (χ1) is 8.11. The summed E-state index contributed by atoms with van der Waals surface area (Å²) in [6.45, 7) is 3.51. The summed E-state index contributed by atoms with van der Waals surface area (Å²) < 4.78 is 11.5. The van der Waals surface area contributed by atoms with Gasteiger partial charge in [0.1, 0.15) is 0 Å². The van der Waals surface area contributed by atoms with Crippen molar-refractivity contribution < 1.29 is 14.6 Å². The van der Waals surface area contributed by atoms with E-state index in [1.54, 1.807) is 6.92 Å². The molecule has 96 valence electrons. The average molecular weight is 238 g/mol. The molecular weight excluding hydrogens is 216 g/mol. The summed E-state index contributed by atoms with van der Waals surface area (Å²) in [4.78, 5) is 0. The third kappa shape index (κ3) is 1.85. The van der Waals surface area contributed by atoms with Crippen LogP contribution in [0.2, 0.25) is 0 Å². The molecule has 1 N–H and O–H groups in total. The van der Waals surface area contributed by atoms with E-state index in [1.807, 2.05) is 6.92 Å². The minimum Gasteiger partial charge on any atom is -0.368 e. The van der Waals surface area contributed by atoms with Gasteiger partial charge in [-0.3, -0.25) is 0 Å². The first-order valence-corrected chi connectivity index (χ1v) is 6.82. The van der Waals surface area contributed by atoms with E-state index in [1.165, 1.54) is 24.8 Å². The average Bonchev–Trinajstić information content (AvgIpc) is 2.84. The zero-order chi connectivity index (χ0) is 12.0. The summed E-state index contributed by atoms with van der Waals surface area (Å²) in [5, 5.41) is 9.23. The second kappa shape index (κ2) is 4.08. The molecule has 2 saturated carbocycles. The SMILES string of the molecule is CC(O)OC(C)OC12CCC(C1)C1CCC=C12. The fraction of sp³-hybridized carbons (Fsp3) is 0.857. The van der Waals surface area contributed by atoms with Gasteiger partial charge in [0.05, 0.1) is 5.60 Å². The zero-order valence-corrected chi connectivity index (χ0v) is 10.7. The molecule has 3 rings (SSSR count). The van der Waals surface area contributed by atoms with Crippen LogP contribution >= 0.6 is 0 Å². The number of aliphatic hydroxyl groups excluding tert-OH is 1. The lowest BCUT2D eigenvalue weighted by atomic mass is 9.84. The van der Waals surface area contributed by atoms with Crippen LogP contribution in [0.5, 0.6) is 0 Å². The highest BCUT2D eigenvalue weighted by atomic mass is 16.7. The van der Waals surface area contributed by atoms with Crippen molar-refractivity contribution >= 4 is 0 Å². The summed E-state index contributed by atoms with van der Waals surface area (Å²) >= 11 is 0. The van der Waals surface area contributed by atoms with Crippen LogP contribution in [0.3, 0.4) is 0 Å². The summed E-state index contributed by atoms with van der Waals surface area (Å²) in [5.74, 6) is 1.62. The Morgan fingerprint density at radius 2 is 2.24 bits per heavy atom. The number of rotatable bonds is 4. The molecule has 0 aliphatic heterocycles. The molecule has 3 nitrogen and oxygen atoms in total. The molecule has 0 aromatic carbocycles. The third-order valence-electron chi connectivity index (χ3n) is 4.63. The van der Waals surface area contributed by atoms with Crippen LogP contribution in [0.4, 0.5) is 0 Å². The Labute approximate surface area is 103 Å². The maximum atomic E-state index is 9.23. The fourth-order valence-electron chi connectivity index (χ4n) is 4.19. The second-order valence-corrected chi connectivity index (χ2v) is 5.76. The minimum absolute atomic E-state index is 0.0554. The Balaban J connectivity index is 1.73. The molecule has 0 amide bonds. The molecule has 3 aliphatic carbocycles. The van der Waals surface area contributed by atoms with E-state index in [0.717, 1.165) is 24.7 Å². The van der Waals surface area contributed by atoms with E-state index in [2.05, 4.69) is 6.08 Å². The lowest BCUT2D eigenvalue weighted by molar-refractivity contribution is -0.244. The van der Waals surface area contributed by atoms with Crippen molar-refractivity contribution in [3.63, 3.8) is 0 Å². The maximum Gasteiger partial charge on any atom is 0.159 e. The van der Waals surface area contributed by atoms with Crippen LogP contribution in [0.1, 0.15) is 46.0 Å². The lowest BCUT2D eigenvalue weighted by Crippen LogP contribution is -2.36. The van der Waals surface area contributed by atoms with Gasteiger partial charge in [0.25, 0.3) is 0 Å². The minimum atomic E-state index is -0.756. The summed E-state index contributed by atoms with van der Waals surface area (Å²) in [6.07, 6.45) is 7.43. The van der Waals surface area contributed by atoms with Gasteiger partial charge < -0.3 is 14.6 Å². The molecule has 17 heavy (non-hydrogen) atoms. The smallest absolute Gasteiger partial charge is 0.159 e. The first kappa shape index (κ1) is 11.7. The Morgan fingerprint density at radius 1 is 1.41 bits per heavy atom. The van der Waals surface area contributed by atoms with Crippen LogP contribution in [-0.2, 0) is 9.47 Å². The molecule has 0 heterocycles. The van der Waals surface area contributed by atoms with Gasteiger partial charge in [-0.2, -0.15) is 0 Å². The van der Waals surface area contributed by atoms with Crippen molar-refractivity contribution in [2.24, 2.45) is 11.8 Å². The summed E-state index contributed by atoms with van der Waals surface area (Å²) in [7, 11) is 0. The Bertz CT molecular complexity index is 336. The zero-order valence-electron chi connectivity index (χ0n) is 10.7. The van der Waals surface area contributed by atoms with E-state index < -0.39 is 6.29 Å². The van der Waals surface area contributed by atoms with Crippen LogP contribution in [-0.4, -0.2) is 23.3 Å². The molecule has 3 heteroatoms. The van der Waals surface area contributed by atoms with Crippen LogP contribution in [0.25, 0.3) is 0 Å². The Kier molecular flexibility index (Phi) is 2.80. The lowest BCUT2D eigenvalue weighted by Gasteiger charge is -2.34. The highest BCUT2D eigenvalue weighted by molar-refractivity contribution is 5.33.